The molecular formula is C27H32N4O4. The van der Waals surface area contributed by atoms with Crippen LogP contribution in [0.5, 0.6) is 11.5 Å². The van der Waals surface area contributed by atoms with E-state index < -0.39 is 6.09 Å². The number of carboxylic acid groups (broad SMARTS) is 1. The number of nitrogens with zero attached hydrogens (tertiary/aromatic N) is 3. The van der Waals surface area contributed by atoms with Crippen molar-refractivity contribution in [2.75, 3.05) is 31.1 Å². The number of benzene rings is 2. The van der Waals surface area contributed by atoms with Crippen LogP contribution in [0, 0.1) is 0 Å². The minimum Gasteiger partial charge on any atom is -0.494 e. The highest BCUT2D eigenvalue weighted by molar-refractivity contribution is 5.64. The predicted molar refractivity (Wildman–Crippen MR) is 134 cm³/mol. The van der Waals surface area contributed by atoms with Crippen LogP contribution in [0.25, 0.3) is 0 Å². The monoisotopic (exact) mass is 476 g/mol. The topological polar surface area (TPSA) is 96.8 Å². The minimum atomic E-state index is -1.02. The summed E-state index contributed by atoms with van der Waals surface area (Å²) in [5.41, 5.74) is 3.03. The highest BCUT2D eigenvalue weighted by atomic mass is 16.5. The number of hydrogen-bond acceptors (Lipinski definition) is 6. The van der Waals surface area contributed by atoms with Crippen molar-refractivity contribution >= 4 is 12.0 Å². The molecule has 2 aromatic carbocycles. The standard InChI is InChI=1S/C27H32N4O4/c1-27(2,20-5-9-23(10-6-20)34-18-3-14-29-26(32)33)21-7-11-24(12-8-21)35-19-22-13-15-28-25(30-22)31-16-4-17-31/h5-13,15,29H,3-4,14,16-19H2,1-2H3,(H,32,33). The van der Waals surface area contributed by atoms with Crippen LogP contribution in [0.4, 0.5) is 10.7 Å². The van der Waals surface area contributed by atoms with Crippen molar-refractivity contribution in [2.24, 2.45) is 0 Å². The van der Waals surface area contributed by atoms with Gasteiger partial charge in [-0.25, -0.2) is 14.8 Å². The molecular weight excluding hydrogens is 444 g/mol. The van der Waals surface area contributed by atoms with Crippen LogP contribution in [-0.4, -0.2) is 47.4 Å². The van der Waals surface area contributed by atoms with Gasteiger partial charge in [0.2, 0.25) is 5.95 Å². The maximum absolute atomic E-state index is 10.5. The fourth-order valence-corrected chi connectivity index (χ4v) is 3.85. The molecule has 2 N–H and O–H groups in total. The van der Waals surface area contributed by atoms with Gasteiger partial charge in [-0.1, -0.05) is 38.1 Å². The summed E-state index contributed by atoms with van der Waals surface area (Å²) in [5.74, 6) is 2.35. The second-order valence-electron chi connectivity index (χ2n) is 9.08. The Morgan fingerprint density at radius 1 is 1.00 bits per heavy atom. The second kappa shape index (κ2) is 11.1. The number of ether oxygens (including phenoxy) is 2. The average Bonchev–Trinajstić information content (AvgIpc) is 2.82. The first-order valence-electron chi connectivity index (χ1n) is 11.9. The number of hydrogen-bond donors (Lipinski definition) is 2. The summed E-state index contributed by atoms with van der Waals surface area (Å²) in [6, 6.07) is 18.1. The van der Waals surface area contributed by atoms with Gasteiger partial charge in [0.25, 0.3) is 0 Å². The Morgan fingerprint density at radius 3 is 2.20 bits per heavy atom. The number of carbonyl (C=O) groups is 1. The molecule has 0 bridgehead atoms. The van der Waals surface area contributed by atoms with E-state index in [1.807, 2.05) is 30.3 Å². The highest BCUT2D eigenvalue weighted by Crippen LogP contribution is 2.33. The van der Waals surface area contributed by atoms with Gasteiger partial charge in [0, 0.05) is 31.2 Å². The maximum Gasteiger partial charge on any atom is 0.404 e. The van der Waals surface area contributed by atoms with Crippen LogP contribution >= 0.6 is 0 Å². The Morgan fingerprint density at radius 2 is 1.63 bits per heavy atom. The van der Waals surface area contributed by atoms with E-state index in [4.69, 9.17) is 14.6 Å². The Balaban J connectivity index is 1.31. The zero-order valence-electron chi connectivity index (χ0n) is 20.2. The molecule has 3 aromatic rings. The molecule has 1 aromatic heterocycles. The molecule has 1 aliphatic heterocycles. The van der Waals surface area contributed by atoms with Crippen molar-refractivity contribution in [3.8, 4) is 11.5 Å². The van der Waals surface area contributed by atoms with Crippen LogP contribution in [0.2, 0.25) is 0 Å². The highest BCUT2D eigenvalue weighted by Gasteiger charge is 2.23. The fraction of sp³-hybridized carbons (Fsp3) is 0.370. The fourth-order valence-electron chi connectivity index (χ4n) is 3.85. The van der Waals surface area contributed by atoms with Gasteiger partial charge in [0.1, 0.15) is 18.1 Å². The van der Waals surface area contributed by atoms with Crippen molar-refractivity contribution in [1.82, 2.24) is 15.3 Å². The van der Waals surface area contributed by atoms with E-state index in [2.05, 4.69) is 58.3 Å². The van der Waals surface area contributed by atoms with Crippen LogP contribution < -0.4 is 19.7 Å². The van der Waals surface area contributed by atoms with E-state index in [1.54, 1.807) is 6.20 Å². The molecule has 1 fully saturated rings. The van der Waals surface area contributed by atoms with Gasteiger partial charge in [0.15, 0.2) is 0 Å². The summed E-state index contributed by atoms with van der Waals surface area (Å²) >= 11 is 0. The van der Waals surface area contributed by atoms with Crippen LogP contribution in [0.15, 0.2) is 60.8 Å². The first-order valence-corrected chi connectivity index (χ1v) is 11.9. The quantitative estimate of drug-likeness (QED) is 0.390. The zero-order chi connectivity index (χ0) is 24.7. The lowest BCUT2D eigenvalue weighted by molar-refractivity contribution is 0.193. The summed E-state index contributed by atoms with van der Waals surface area (Å²) in [6.07, 6.45) is 2.58. The molecule has 0 spiro atoms. The summed E-state index contributed by atoms with van der Waals surface area (Å²) in [7, 11) is 0. The molecule has 1 amide bonds. The Hall–Kier alpha value is -3.81. The van der Waals surface area contributed by atoms with Gasteiger partial charge in [-0.15, -0.1) is 0 Å². The van der Waals surface area contributed by atoms with E-state index in [0.717, 1.165) is 36.2 Å². The summed E-state index contributed by atoms with van der Waals surface area (Å²) < 4.78 is 11.7. The van der Waals surface area contributed by atoms with E-state index in [0.29, 0.717) is 26.2 Å². The Kier molecular flexibility index (Phi) is 7.70. The zero-order valence-corrected chi connectivity index (χ0v) is 20.2. The molecule has 0 radical (unpaired) electrons. The number of rotatable bonds is 11. The number of anilines is 1. The van der Waals surface area contributed by atoms with E-state index in [9.17, 15) is 4.79 Å². The average molecular weight is 477 g/mol. The molecule has 0 unspecified atom stereocenters. The predicted octanol–water partition coefficient (Wildman–Crippen LogP) is 4.63. The lowest BCUT2D eigenvalue weighted by atomic mass is 9.78. The molecule has 184 valence electrons. The lowest BCUT2D eigenvalue weighted by Gasteiger charge is -2.30. The van der Waals surface area contributed by atoms with Gasteiger partial charge in [0.05, 0.1) is 12.3 Å². The molecule has 1 aliphatic rings. The number of aromatic nitrogens is 2. The summed E-state index contributed by atoms with van der Waals surface area (Å²) in [6.45, 7) is 7.65. The van der Waals surface area contributed by atoms with Crippen LogP contribution in [0.1, 0.15) is 43.5 Å². The first-order chi connectivity index (χ1) is 16.9. The van der Waals surface area contributed by atoms with Crippen molar-refractivity contribution in [3.05, 3.63) is 77.6 Å². The normalized spacial score (nSPS) is 13.1. The van der Waals surface area contributed by atoms with Gasteiger partial charge in [-0.2, -0.15) is 0 Å². The van der Waals surface area contributed by atoms with E-state index in [1.165, 1.54) is 17.5 Å². The SMILES string of the molecule is CC(C)(c1ccc(OCCCNC(=O)O)cc1)c1ccc(OCc2ccnc(N3CCC3)n2)cc1. The van der Waals surface area contributed by atoms with Gasteiger partial charge in [-0.3, -0.25) is 0 Å². The number of nitrogens with one attached hydrogen (secondary N) is 1. The molecule has 35 heavy (non-hydrogen) atoms. The van der Waals surface area contributed by atoms with Gasteiger partial charge in [-0.05, 0) is 54.3 Å². The Labute approximate surface area is 205 Å². The molecule has 0 saturated carbocycles. The summed E-state index contributed by atoms with van der Waals surface area (Å²) in [5, 5.41) is 10.9. The third-order valence-corrected chi connectivity index (χ3v) is 6.24. The third kappa shape index (κ3) is 6.41. The van der Waals surface area contributed by atoms with E-state index in [-0.39, 0.29) is 5.41 Å². The van der Waals surface area contributed by atoms with Gasteiger partial charge >= 0.3 is 6.09 Å². The smallest absolute Gasteiger partial charge is 0.404 e. The van der Waals surface area contributed by atoms with Crippen molar-refractivity contribution in [1.29, 1.82) is 0 Å². The van der Waals surface area contributed by atoms with Gasteiger partial charge < -0.3 is 24.8 Å². The second-order valence-corrected chi connectivity index (χ2v) is 9.08. The molecule has 0 aliphatic carbocycles. The van der Waals surface area contributed by atoms with Crippen LogP contribution in [-0.2, 0) is 12.0 Å². The maximum atomic E-state index is 10.5. The number of amides is 1. The Bertz CT molecular complexity index is 1110. The molecule has 1 saturated heterocycles. The van der Waals surface area contributed by atoms with Crippen molar-refractivity contribution in [2.45, 2.75) is 38.7 Å². The third-order valence-electron chi connectivity index (χ3n) is 6.24. The molecule has 8 nitrogen and oxygen atoms in total. The van der Waals surface area contributed by atoms with E-state index >= 15 is 0 Å². The molecule has 2 heterocycles. The van der Waals surface area contributed by atoms with Crippen molar-refractivity contribution in [3.63, 3.8) is 0 Å². The molecule has 0 atom stereocenters. The van der Waals surface area contributed by atoms with Crippen LogP contribution in [0.3, 0.4) is 0 Å². The van der Waals surface area contributed by atoms with Crippen molar-refractivity contribution < 1.29 is 19.4 Å². The largest absolute Gasteiger partial charge is 0.494 e. The minimum absolute atomic E-state index is 0.193. The molecule has 4 rings (SSSR count). The first kappa shape index (κ1) is 24.3. The lowest BCUT2D eigenvalue weighted by Crippen LogP contribution is -2.38. The molecule has 8 heteroatoms. The summed E-state index contributed by atoms with van der Waals surface area (Å²) in [4.78, 5) is 21.6.